The predicted molar refractivity (Wildman–Crippen MR) is 37.4 cm³/mol. The number of hydrogen-bond acceptors (Lipinski definition) is 2. The van der Waals surface area contributed by atoms with E-state index in [-0.39, 0.29) is 0 Å². The molecule has 0 aromatic rings. The Kier molecular flexibility index (Phi) is 3.23. The van der Waals surface area contributed by atoms with Gasteiger partial charge in [0.05, 0.1) is 6.04 Å². The molecule has 0 aliphatic heterocycles. The van der Waals surface area contributed by atoms with Crippen molar-refractivity contribution >= 4 is 6.08 Å². The molecule has 0 saturated heterocycles. The first kappa shape index (κ1) is 9.31. The van der Waals surface area contributed by atoms with Crippen LogP contribution in [-0.4, -0.2) is 17.8 Å². The number of aliphatic imine (C=N–C) groups is 1. The smallest absolute Gasteiger partial charge is 0.235 e. The van der Waals surface area contributed by atoms with Crippen molar-refractivity contribution in [2.75, 3.05) is 0 Å². The number of carbonyl (C=O) groups excluding carboxylic acids is 1. The lowest BCUT2D eigenvalue weighted by Gasteiger charge is -2.19. The van der Waals surface area contributed by atoms with Gasteiger partial charge in [0.25, 0.3) is 0 Å². The van der Waals surface area contributed by atoms with Crippen molar-refractivity contribution in [3.8, 4) is 0 Å². The molecule has 58 valence electrons. The summed E-state index contributed by atoms with van der Waals surface area (Å²) in [5.41, 5.74) is -1.41. The van der Waals surface area contributed by atoms with Gasteiger partial charge in [-0.1, -0.05) is 6.92 Å². The maximum Gasteiger partial charge on any atom is 0.235 e. The van der Waals surface area contributed by atoms with Crippen LogP contribution >= 0.6 is 0 Å². The van der Waals surface area contributed by atoms with Crippen LogP contribution in [0.15, 0.2) is 4.99 Å². The van der Waals surface area contributed by atoms with E-state index < -0.39 is 11.7 Å². The zero-order valence-electron chi connectivity index (χ0n) is 6.52. The van der Waals surface area contributed by atoms with E-state index in [9.17, 15) is 9.18 Å². The molecule has 0 saturated carbocycles. The highest BCUT2D eigenvalue weighted by Gasteiger charge is 2.26. The summed E-state index contributed by atoms with van der Waals surface area (Å²) in [5.74, 6) is 0. The monoisotopic (exact) mass is 145 g/mol. The molecule has 0 amide bonds. The second kappa shape index (κ2) is 3.47. The summed E-state index contributed by atoms with van der Waals surface area (Å²) in [6.07, 6.45) is 1.89. The zero-order valence-corrected chi connectivity index (χ0v) is 6.52. The van der Waals surface area contributed by atoms with Crippen molar-refractivity contribution in [1.29, 1.82) is 0 Å². The first-order chi connectivity index (χ1) is 4.52. The van der Waals surface area contributed by atoms with Crippen LogP contribution in [0.25, 0.3) is 0 Å². The largest absolute Gasteiger partial charge is 0.242 e. The van der Waals surface area contributed by atoms with Gasteiger partial charge in [0.15, 0.2) is 0 Å². The normalized spacial score (nSPS) is 14.0. The molecule has 0 aromatic carbocycles. The maximum atomic E-state index is 13.0. The molecule has 0 fully saturated rings. The number of nitrogens with zero attached hydrogens (tertiary/aromatic N) is 1. The summed E-state index contributed by atoms with van der Waals surface area (Å²) in [6, 6.07) is -0.551. The Bertz CT molecular complexity index is 144. The van der Waals surface area contributed by atoms with Crippen LogP contribution in [-0.2, 0) is 4.79 Å². The Morgan fingerprint density at radius 1 is 1.70 bits per heavy atom. The van der Waals surface area contributed by atoms with Crippen LogP contribution in [0.4, 0.5) is 4.39 Å². The molecule has 0 rings (SSSR count). The second-order valence-corrected chi connectivity index (χ2v) is 2.71. The number of hydrogen-bond donors (Lipinski definition) is 0. The molecule has 2 nitrogen and oxygen atoms in total. The van der Waals surface area contributed by atoms with Gasteiger partial charge >= 0.3 is 0 Å². The van der Waals surface area contributed by atoms with E-state index in [2.05, 4.69) is 4.99 Å². The molecule has 1 unspecified atom stereocenters. The zero-order chi connectivity index (χ0) is 8.20. The van der Waals surface area contributed by atoms with Gasteiger partial charge in [-0.05, 0) is 20.3 Å². The van der Waals surface area contributed by atoms with Crippen molar-refractivity contribution < 1.29 is 9.18 Å². The SMILES string of the molecule is CCC(N=C=O)C(C)(C)F. The number of isocyanates is 1. The first-order valence-electron chi connectivity index (χ1n) is 3.28. The summed E-state index contributed by atoms with van der Waals surface area (Å²) >= 11 is 0. The Labute approximate surface area is 60.2 Å². The standard InChI is InChI=1S/C7H12FNO/c1-4-6(9-5-10)7(2,3)8/h6H,4H2,1-3H3. The number of halogens is 1. The van der Waals surface area contributed by atoms with Crippen LogP contribution in [0, 0.1) is 0 Å². The Morgan fingerprint density at radius 2 is 2.20 bits per heavy atom. The maximum absolute atomic E-state index is 13.0. The van der Waals surface area contributed by atoms with Gasteiger partial charge in [0.2, 0.25) is 6.08 Å². The summed E-state index contributed by atoms with van der Waals surface area (Å²) < 4.78 is 13.0. The van der Waals surface area contributed by atoms with Gasteiger partial charge in [-0.3, -0.25) is 0 Å². The fourth-order valence-corrected chi connectivity index (χ4v) is 0.794. The van der Waals surface area contributed by atoms with E-state index in [1.54, 1.807) is 6.92 Å². The average Bonchev–Trinajstić information content (AvgIpc) is 1.80. The van der Waals surface area contributed by atoms with Crippen molar-refractivity contribution in [1.82, 2.24) is 0 Å². The van der Waals surface area contributed by atoms with Crippen LogP contribution in [0.5, 0.6) is 0 Å². The van der Waals surface area contributed by atoms with E-state index in [0.717, 1.165) is 0 Å². The third-order valence-corrected chi connectivity index (χ3v) is 1.39. The molecule has 0 N–H and O–H groups in total. The fraction of sp³-hybridized carbons (Fsp3) is 0.857. The van der Waals surface area contributed by atoms with Crippen molar-refractivity contribution in [3.05, 3.63) is 0 Å². The molecular formula is C7H12FNO. The third kappa shape index (κ3) is 2.74. The molecule has 0 aliphatic carbocycles. The third-order valence-electron chi connectivity index (χ3n) is 1.39. The quantitative estimate of drug-likeness (QED) is 0.440. The molecule has 10 heavy (non-hydrogen) atoms. The highest BCUT2D eigenvalue weighted by Crippen LogP contribution is 2.19. The van der Waals surface area contributed by atoms with Gasteiger partial charge in [0.1, 0.15) is 5.67 Å². The minimum atomic E-state index is -1.41. The van der Waals surface area contributed by atoms with Crippen molar-refractivity contribution in [2.45, 2.75) is 38.9 Å². The molecule has 3 heteroatoms. The average molecular weight is 145 g/mol. The van der Waals surface area contributed by atoms with Gasteiger partial charge in [-0.2, -0.15) is 4.99 Å². The molecular weight excluding hydrogens is 133 g/mol. The predicted octanol–water partition coefficient (Wildman–Crippen LogP) is 1.85. The van der Waals surface area contributed by atoms with Crippen LogP contribution in [0.3, 0.4) is 0 Å². The van der Waals surface area contributed by atoms with E-state index >= 15 is 0 Å². The summed E-state index contributed by atoms with van der Waals surface area (Å²) in [5, 5.41) is 0. The van der Waals surface area contributed by atoms with Crippen LogP contribution < -0.4 is 0 Å². The van der Waals surface area contributed by atoms with Gasteiger partial charge in [-0.15, -0.1) is 0 Å². The molecule has 0 spiro atoms. The van der Waals surface area contributed by atoms with Gasteiger partial charge < -0.3 is 0 Å². The Morgan fingerprint density at radius 3 is 2.30 bits per heavy atom. The molecule has 0 radical (unpaired) electrons. The molecule has 0 heterocycles. The highest BCUT2D eigenvalue weighted by molar-refractivity contribution is 5.34. The number of alkyl halides is 1. The summed E-state index contributed by atoms with van der Waals surface area (Å²) in [6.45, 7) is 4.59. The molecule has 0 aromatic heterocycles. The first-order valence-corrected chi connectivity index (χ1v) is 3.28. The lowest BCUT2D eigenvalue weighted by Crippen LogP contribution is -2.28. The second-order valence-electron chi connectivity index (χ2n) is 2.71. The number of rotatable bonds is 3. The van der Waals surface area contributed by atoms with Crippen LogP contribution in [0.2, 0.25) is 0 Å². The highest BCUT2D eigenvalue weighted by atomic mass is 19.1. The lowest BCUT2D eigenvalue weighted by molar-refractivity contribution is 0.171. The van der Waals surface area contributed by atoms with Crippen molar-refractivity contribution in [2.24, 2.45) is 4.99 Å². The Balaban J connectivity index is 4.20. The van der Waals surface area contributed by atoms with Crippen LogP contribution in [0.1, 0.15) is 27.2 Å². The minimum absolute atomic E-state index is 0.527. The van der Waals surface area contributed by atoms with E-state index in [1.165, 1.54) is 19.9 Å². The Hall–Kier alpha value is -0.690. The molecule has 0 aliphatic rings. The van der Waals surface area contributed by atoms with Gasteiger partial charge in [-0.25, -0.2) is 9.18 Å². The molecule has 0 bridgehead atoms. The van der Waals surface area contributed by atoms with E-state index in [1.807, 2.05) is 0 Å². The van der Waals surface area contributed by atoms with E-state index in [0.29, 0.717) is 6.42 Å². The summed E-state index contributed by atoms with van der Waals surface area (Å²) in [4.78, 5) is 13.1. The topological polar surface area (TPSA) is 29.4 Å². The summed E-state index contributed by atoms with van der Waals surface area (Å²) in [7, 11) is 0. The minimum Gasteiger partial charge on any atom is -0.242 e. The fourth-order valence-electron chi connectivity index (χ4n) is 0.794. The van der Waals surface area contributed by atoms with Crippen molar-refractivity contribution in [3.63, 3.8) is 0 Å². The molecule has 1 atom stereocenters. The van der Waals surface area contributed by atoms with Gasteiger partial charge in [0, 0.05) is 0 Å². The lowest BCUT2D eigenvalue weighted by atomic mass is 10.00. The van der Waals surface area contributed by atoms with E-state index in [4.69, 9.17) is 0 Å².